The van der Waals surface area contributed by atoms with E-state index in [9.17, 15) is 14.5 Å². The first kappa shape index (κ1) is 17.5. The van der Waals surface area contributed by atoms with Gasteiger partial charge in [-0.2, -0.15) is 0 Å². The molecule has 0 aromatic heterocycles. The Kier molecular flexibility index (Phi) is 5.76. The van der Waals surface area contributed by atoms with Crippen LogP contribution < -0.4 is 9.64 Å². The fourth-order valence-corrected chi connectivity index (χ4v) is 2.74. The number of nitro groups is 1. The summed E-state index contributed by atoms with van der Waals surface area (Å²) in [6, 6.07) is 2.37. The number of piperazine rings is 1. The molecule has 0 spiro atoms. The Morgan fingerprint density at radius 3 is 2.48 bits per heavy atom. The molecule has 1 aromatic carbocycles. The first-order valence-electron chi connectivity index (χ1n) is 7.91. The summed E-state index contributed by atoms with van der Waals surface area (Å²) in [5.41, 5.74) is 0.218. The van der Waals surface area contributed by atoms with Crippen molar-refractivity contribution in [3.05, 3.63) is 28.1 Å². The van der Waals surface area contributed by atoms with Gasteiger partial charge in [-0.3, -0.25) is 15.0 Å². The predicted molar refractivity (Wildman–Crippen MR) is 87.7 cm³/mol. The maximum Gasteiger partial charge on any atom is 0.295 e. The van der Waals surface area contributed by atoms with Gasteiger partial charge in [-0.05, 0) is 18.9 Å². The Labute approximate surface area is 136 Å². The van der Waals surface area contributed by atoms with Crippen molar-refractivity contribution in [3.63, 3.8) is 0 Å². The normalized spacial score (nSPS) is 16.0. The van der Waals surface area contributed by atoms with Gasteiger partial charge >= 0.3 is 0 Å². The monoisotopic (exact) mass is 325 g/mol. The van der Waals surface area contributed by atoms with Gasteiger partial charge in [-0.25, -0.2) is 4.39 Å². The largest absolute Gasteiger partial charge is 0.494 e. The van der Waals surface area contributed by atoms with Crippen molar-refractivity contribution in [2.75, 3.05) is 44.7 Å². The highest BCUT2D eigenvalue weighted by Crippen LogP contribution is 2.35. The standard InChI is InChI=1S/C16H24FN3O3/c1-12(2)4-5-18-6-8-19(9-7-18)14-11-16(23-3)13(17)10-15(14)20(21)22/h10-12H,4-9H2,1-3H3. The average Bonchev–Trinajstić information content (AvgIpc) is 2.53. The van der Waals surface area contributed by atoms with E-state index < -0.39 is 10.7 Å². The fourth-order valence-electron chi connectivity index (χ4n) is 2.74. The van der Waals surface area contributed by atoms with Crippen molar-refractivity contribution < 1.29 is 14.1 Å². The van der Waals surface area contributed by atoms with Gasteiger partial charge in [-0.15, -0.1) is 0 Å². The first-order chi connectivity index (χ1) is 10.9. The van der Waals surface area contributed by atoms with Crippen LogP contribution >= 0.6 is 0 Å². The number of ether oxygens (including phenoxy) is 1. The number of methoxy groups -OCH3 is 1. The third-order valence-electron chi connectivity index (χ3n) is 4.18. The average molecular weight is 325 g/mol. The smallest absolute Gasteiger partial charge is 0.295 e. The summed E-state index contributed by atoms with van der Waals surface area (Å²) in [6.07, 6.45) is 1.14. The third-order valence-corrected chi connectivity index (χ3v) is 4.18. The molecule has 1 aliphatic heterocycles. The van der Waals surface area contributed by atoms with Crippen LogP contribution in [0.4, 0.5) is 15.8 Å². The highest BCUT2D eigenvalue weighted by atomic mass is 19.1. The molecule has 23 heavy (non-hydrogen) atoms. The Morgan fingerprint density at radius 2 is 1.96 bits per heavy atom. The topological polar surface area (TPSA) is 58.8 Å². The quantitative estimate of drug-likeness (QED) is 0.594. The van der Waals surface area contributed by atoms with Gasteiger partial charge in [0.1, 0.15) is 5.69 Å². The summed E-state index contributed by atoms with van der Waals surface area (Å²) in [5, 5.41) is 11.2. The Hall–Kier alpha value is -1.89. The number of hydrogen-bond donors (Lipinski definition) is 0. The van der Waals surface area contributed by atoms with Crippen molar-refractivity contribution >= 4 is 11.4 Å². The number of anilines is 1. The molecule has 1 heterocycles. The maximum absolute atomic E-state index is 13.7. The second-order valence-electron chi connectivity index (χ2n) is 6.24. The highest BCUT2D eigenvalue weighted by Gasteiger charge is 2.26. The molecule has 0 atom stereocenters. The summed E-state index contributed by atoms with van der Waals surface area (Å²) in [5.74, 6) is -0.0122. The molecule has 0 amide bonds. The fraction of sp³-hybridized carbons (Fsp3) is 0.625. The van der Waals surface area contributed by atoms with Crippen molar-refractivity contribution in [2.24, 2.45) is 5.92 Å². The molecule has 0 saturated carbocycles. The molecule has 2 rings (SSSR count). The molecule has 0 N–H and O–H groups in total. The lowest BCUT2D eigenvalue weighted by Crippen LogP contribution is -2.47. The van der Waals surface area contributed by atoms with Gasteiger partial charge < -0.3 is 9.64 Å². The second-order valence-corrected chi connectivity index (χ2v) is 6.24. The Balaban J connectivity index is 2.12. The number of halogens is 1. The molecule has 1 fully saturated rings. The van der Waals surface area contributed by atoms with Crippen LogP contribution in [0.3, 0.4) is 0 Å². The number of nitro benzene ring substituents is 1. The lowest BCUT2D eigenvalue weighted by atomic mass is 10.1. The molecule has 0 aliphatic carbocycles. The molecule has 1 aliphatic rings. The van der Waals surface area contributed by atoms with Gasteiger partial charge in [0, 0.05) is 32.2 Å². The zero-order valence-corrected chi connectivity index (χ0v) is 13.9. The van der Waals surface area contributed by atoms with Gasteiger partial charge in [0.15, 0.2) is 11.6 Å². The molecule has 0 unspecified atom stereocenters. The summed E-state index contributed by atoms with van der Waals surface area (Å²) >= 11 is 0. The second kappa shape index (κ2) is 7.59. The van der Waals surface area contributed by atoms with Gasteiger partial charge in [0.25, 0.3) is 5.69 Å². The molecule has 0 bridgehead atoms. The van der Waals surface area contributed by atoms with Crippen LogP contribution in [0.15, 0.2) is 12.1 Å². The van der Waals surface area contributed by atoms with Gasteiger partial charge in [-0.1, -0.05) is 13.8 Å². The minimum absolute atomic E-state index is 0.0350. The summed E-state index contributed by atoms with van der Waals surface area (Å²) in [7, 11) is 1.36. The number of nitrogens with zero attached hydrogens (tertiary/aromatic N) is 3. The molecular formula is C16H24FN3O3. The van der Waals surface area contributed by atoms with Crippen LogP contribution in [0.1, 0.15) is 20.3 Å². The molecule has 1 saturated heterocycles. The minimum atomic E-state index is -0.710. The first-order valence-corrected chi connectivity index (χ1v) is 7.91. The molecule has 128 valence electrons. The molecule has 6 nitrogen and oxygen atoms in total. The molecule has 1 aromatic rings. The van der Waals surface area contributed by atoms with Crippen molar-refractivity contribution in [3.8, 4) is 5.75 Å². The summed E-state index contributed by atoms with van der Waals surface area (Å²) in [4.78, 5) is 15.0. The molecule has 0 radical (unpaired) electrons. The van der Waals surface area contributed by atoms with Crippen LogP contribution in [0, 0.1) is 21.8 Å². The van der Waals surface area contributed by atoms with Crippen LogP contribution in [0.5, 0.6) is 5.75 Å². The zero-order chi connectivity index (χ0) is 17.0. The molecular weight excluding hydrogens is 301 g/mol. The summed E-state index contributed by atoms with van der Waals surface area (Å²) in [6.45, 7) is 8.52. The maximum atomic E-state index is 13.7. The SMILES string of the molecule is COc1cc(N2CCN(CCC(C)C)CC2)c([N+](=O)[O-])cc1F. The van der Waals surface area contributed by atoms with E-state index in [1.165, 1.54) is 13.2 Å². The van der Waals surface area contributed by atoms with Crippen molar-refractivity contribution in [2.45, 2.75) is 20.3 Å². The Bertz CT molecular complexity index is 558. The van der Waals surface area contributed by atoms with E-state index in [0.717, 1.165) is 32.1 Å². The summed E-state index contributed by atoms with van der Waals surface area (Å²) < 4.78 is 18.7. The molecule has 7 heteroatoms. The van der Waals surface area contributed by atoms with Crippen LogP contribution in [-0.4, -0.2) is 49.7 Å². The third kappa shape index (κ3) is 4.31. The van der Waals surface area contributed by atoms with Gasteiger partial charge in [0.05, 0.1) is 18.1 Å². The van der Waals surface area contributed by atoms with E-state index in [1.807, 2.05) is 4.90 Å². The zero-order valence-electron chi connectivity index (χ0n) is 13.9. The van der Waals surface area contributed by atoms with E-state index in [1.54, 1.807) is 0 Å². The van der Waals surface area contributed by atoms with Gasteiger partial charge in [0.2, 0.25) is 0 Å². The van der Waals surface area contributed by atoms with Crippen molar-refractivity contribution in [1.29, 1.82) is 0 Å². The number of hydrogen-bond acceptors (Lipinski definition) is 5. The van der Waals surface area contributed by atoms with Crippen LogP contribution in [-0.2, 0) is 0 Å². The van der Waals surface area contributed by atoms with Crippen LogP contribution in [0.2, 0.25) is 0 Å². The number of rotatable bonds is 6. The van der Waals surface area contributed by atoms with Crippen molar-refractivity contribution in [1.82, 2.24) is 4.90 Å². The van der Waals surface area contributed by atoms with E-state index >= 15 is 0 Å². The highest BCUT2D eigenvalue weighted by molar-refractivity contribution is 5.66. The van der Waals surface area contributed by atoms with E-state index in [2.05, 4.69) is 18.7 Å². The lowest BCUT2D eigenvalue weighted by Gasteiger charge is -2.36. The predicted octanol–water partition coefficient (Wildman–Crippen LogP) is 2.91. The van der Waals surface area contributed by atoms with E-state index in [0.29, 0.717) is 24.7 Å². The van der Waals surface area contributed by atoms with E-state index in [4.69, 9.17) is 4.74 Å². The lowest BCUT2D eigenvalue weighted by molar-refractivity contribution is -0.384. The number of benzene rings is 1. The van der Waals surface area contributed by atoms with Crippen LogP contribution in [0.25, 0.3) is 0 Å². The van der Waals surface area contributed by atoms with E-state index in [-0.39, 0.29) is 11.4 Å². The minimum Gasteiger partial charge on any atom is -0.494 e. The Morgan fingerprint density at radius 1 is 1.30 bits per heavy atom.